The standard InChI is InChI=1S/C15H18N2O3/c1-10-14(11(2)20-17-10)9-16-13-6-3-12(4-7-13)5-8-15(18)19/h3-4,6-7,16H,5,8-9H2,1-2H3,(H,18,19). The molecule has 0 saturated carbocycles. The van der Waals surface area contributed by atoms with Gasteiger partial charge in [0.25, 0.3) is 0 Å². The lowest BCUT2D eigenvalue weighted by molar-refractivity contribution is -0.136. The van der Waals surface area contributed by atoms with E-state index < -0.39 is 5.97 Å². The smallest absolute Gasteiger partial charge is 0.303 e. The second-order valence-corrected chi connectivity index (χ2v) is 4.75. The number of benzene rings is 1. The van der Waals surface area contributed by atoms with Crippen molar-refractivity contribution >= 4 is 11.7 Å². The molecule has 1 aromatic heterocycles. The second-order valence-electron chi connectivity index (χ2n) is 4.75. The first-order valence-electron chi connectivity index (χ1n) is 6.52. The Morgan fingerprint density at radius 2 is 2.00 bits per heavy atom. The summed E-state index contributed by atoms with van der Waals surface area (Å²) in [5, 5.41) is 15.9. The summed E-state index contributed by atoms with van der Waals surface area (Å²) < 4.78 is 5.11. The van der Waals surface area contributed by atoms with Gasteiger partial charge in [0, 0.05) is 24.2 Å². The Kier molecular flexibility index (Phi) is 4.40. The number of hydrogen-bond acceptors (Lipinski definition) is 4. The van der Waals surface area contributed by atoms with E-state index in [0.717, 1.165) is 28.3 Å². The summed E-state index contributed by atoms with van der Waals surface area (Å²) in [5.74, 6) is 0.0543. The maximum Gasteiger partial charge on any atom is 0.303 e. The van der Waals surface area contributed by atoms with E-state index in [-0.39, 0.29) is 6.42 Å². The molecule has 5 heteroatoms. The van der Waals surface area contributed by atoms with Gasteiger partial charge < -0.3 is 14.9 Å². The van der Waals surface area contributed by atoms with Crippen molar-refractivity contribution in [1.82, 2.24) is 5.16 Å². The lowest BCUT2D eigenvalue weighted by atomic mass is 10.1. The van der Waals surface area contributed by atoms with Crippen LogP contribution >= 0.6 is 0 Å². The van der Waals surface area contributed by atoms with Gasteiger partial charge >= 0.3 is 5.97 Å². The van der Waals surface area contributed by atoms with Crippen LogP contribution in [0.15, 0.2) is 28.8 Å². The maximum atomic E-state index is 10.5. The van der Waals surface area contributed by atoms with Gasteiger partial charge in [-0.15, -0.1) is 0 Å². The minimum Gasteiger partial charge on any atom is -0.481 e. The van der Waals surface area contributed by atoms with Crippen LogP contribution in [0.1, 0.15) is 29.0 Å². The zero-order valence-corrected chi connectivity index (χ0v) is 11.6. The van der Waals surface area contributed by atoms with Gasteiger partial charge in [-0.1, -0.05) is 17.3 Å². The Labute approximate surface area is 117 Å². The Balaban J connectivity index is 1.92. The van der Waals surface area contributed by atoms with Crippen LogP contribution in [0.5, 0.6) is 0 Å². The summed E-state index contributed by atoms with van der Waals surface area (Å²) in [6.07, 6.45) is 0.714. The molecule has 0 bridgehead atoms. The molecule has 0 aliphatic rings. The van der Waals surface area contributed by atoms with E-state index in [2.05, 4.69) is 10.5 Å². The number of carboxylic acid groups (broad SMARTS) is 1. The van der Waals surface area contributed by atoms with Crippen molar-refractivity contribution in [1.29, 1.82) is 0 Å². The number of aromatic nitrogens is 1. The third kappa shape index (κ3) is 3.60. The van der Waals surface area contributed by atoms with E-state index in [1.54, 1.807) is 0 Å². The van der Waals surface area contributed by atoms with Gasteiger partial charge in [-0.05, 0) is 38.0 Å². The second kappa shape index (κ2) is 6.23. The van der Waals surface area contributed by atoms with Crippen LogP contribution in [0.25, 0.3) is 0 Å². The van der Waals surface area contributed by atoms with Crippen LogP contribution in [0.2, 0.25) is 0 Å². The molecule has 0 aliphatic heterocycles. The van der Waals surface area contributed by atoms with Crippen LogP contribution in [0.4, 0.5) is 5.69 Å². The molecule has 1 heterocycles. The number of hydrogen-bond donors (Lipinski definition) is 2. The number of aryl methyl sites for hydroxylation is 3. The maximum absolute atomic E-state index is 10.5. The molecular formula is C15H18N2O3. The van der Waals surface area contributed by atoms with E-state index in [9.17, 15) is 4.79 Å². The van der Waals surface area contributed by atoms with Crippen LogP contribution in [-0.2, 0) is 17.8 Å². The van der Waals surface area contributed by atoms with Crippen molar-refractivity contribution in [3.05, 3.63) is 46.8 Å². The molecule has 0 atom stereocenters. The van der Waals surface area contributed by atoms with Crippen LogP contribution in [0.3, 0.4) is 0 Å². The monoisotopic (exact) mass is 274 g/mol. The molecule has 0 unspecified atom stereocenters. The summed E-state index contributed by atoms with van der Waals surface area (Å²) >= 11 is 0. The quantitative estimate of drug-likeness (QED) is 0.847. The lowest BCUT2D eigenvalue weighted by Gasteiger charge is -2.07. The molecule has 1 aromatic carbocycles. The number of carbonyl (C=O) groups is 1. The molecule has 0 saturated heterocycles. The summed E-state index contributed by atoms with van der Waals surface area (Å²) in [5.41, 5.74) is 3.98. The van der Waals surface area contributed by atoms with Crippen molar-refractivity contribution in [2.24, 2.45) is 0 Å². The molecule has 5 nitrogen and oxygen atoms in total. The van der Waals surface area contributed by atoms with Crippen molar-refractivity contribution in [2.45, 2.75) is 33.2 Å². The van der Waals surface area contributed by atoms with E-state index in [4.69, 9.17) is 9.63 Å². The van der Waals surface area contributed by atoms with Crippen LogP contribution in [0, 0.1) is 13.8 Å². The first kappa shape index (κ1) is 14.1. The summed E-state index contributed by atoms with van der Waals surface area (Å²) in [6.45, 7) is 4.48. The van der Waals surface area contributed by atoms with Gasteiger partial charge in [-0.3, -0.25) is 4.79 Å². The Morgan fingerprint density at radius 3 is 2.55 bits per heavy atom. The highest BCUT2D eigenvalue weighted by molar-refractivity contribution is 5.67. The van der Waals surface area contributed by atoms with Gasteiger partial charge in [-0.2, -0.15) is 0 Å². The first-order valence-corrected chi connectivity index (χ1v) is 6.52. The Morgan fingerprint density at radius 1 is 1.30 bits per heavy atom. The van der Waals surface area contributed by atoms with Crippen molar-refractivity contribution in [3.8, 4) is 0 Å². The Bertz CT molecular complexity index is 568. The predicted molar refractivity (Wildman–Crippen MR) is 75.7 cm³/mol. The van der Waals surface area contributed by atoms with E-state index in [0.29, 0.717) is 13.0 Å². The number of aliphatic carboxylic acids is 1. The van der Waals surface area contributed by atoms with Gasteiger partial charge in [0.2, 0.25) is 0 Å². The molecular weight excluding hydrogens is 256 g/mol. The highest BCUT2D eigenvalue weighted by atomic mass is 16.5. The zero-order valence-electron chi connectivity index (χ0n) is 11.6. The van der Waals surface area contributed by atoms with Crippen LogP contribution in [-0.4, -0.2) is 16.2 Å². The number of nitrogens with zero attached hydrogens (tertiary/aromatic N) is 1. The topological polar surface area (TPSA) is 75.4 Å². The minimum atomic E-state index is -0.773. The summed E-state index contributed by atoms with van der Waals surface area (Å²) in [4.78, 5) is 10.5. The summed E-state index contributed by atoms with van der Waals surface area (Å²) in [7, 11) is 0. The molecule has 2 N–H and O–H groups in total. The molecule has 0 radical (unpaired) electrons. The van der Waals surface area contributed by atoms with Crippen molar-refractivity contribution in [3.63, 3.8) is 0 Å². The normalized spacial score (nSPS) is 10.5. The SMILES string of the molecule is Cc1noc(C)c1CNc1ccc(CCC(=O)O)cc1. The lowest BCUT2D eigenvalue weighted by Crippen LogP contribution is -2.02. The fourth-order valence-corrected chi connectivity index (χ4v) is 1.99. The predicted octanol–water partition coefficient (Wildman–Crippen LogP) is 2.92. The highest BCUT2D eigenvalue weighted by Crippen LogP contribution is 2.16. The number of nitrogens with one attached hydrogen (secondary N) is 1. The van der Waals surface area contributed by atoms with Crippen molar-refractivity contribution in [2.75, 3.05) is 5.32 Å². The molecule has 2 rings (SSSR count). The molecule has 0 amide bonds. The van der Waals surface area contributed by atoms with Gasteiger partial charge in [-0.25, -0.2) is 0 Å². The highest BCUT2D eigenvalue weighted by Gasteiger charge is 2.08. The third-order valence-corrected chi connectivity index (χ3v) is 3.23. The Hall–Kier alpha value is -2.30. The van der Waals surface area contributed by atoms with Gasteiger partial charge in [0.1, 0.15) is 5.76 Å². The molecule has 20 heavy (non-hydrogen) atoms. The minimum absolute atomic E-state index is 0.159. The van der Waals surface area contributed by atoms with Gasteiger partial charge in [0.15, 0.2) is 0 Å². The van der Waals surface area contributed by atoms with E-state index in [1.807, 2.05) is 38.1 Å². The van der Waals surface area contributed by atoms with E-state index >= 15 is 0 Å². The zero-order chi connectivity index (χ0) is 14.5. The molecule has 0 fully saturated rings. The third-order valence-electron chi connectivity index (χ3n) is 3.23. The van der Waals surface area contributed by atoms with Crippen molar-refractivity contribution < 1.29 is 14.4 Å². The molecule has 106 valence electrons. The number of carboxylic acids is 1. The average molecular weight is 274 g/mol. The molecule has 0 aliphatic carbocycles. The first-order chi connectivity index (χ1) is 9.56. The fourth-order valence-electron chi connectivity index (χ4n) is 1.99. The van der Waals surface area contributed by atoms with Crippen LogP contribution < -0.4 is 5.32 Å². The largest absolute Gasteiger partial charge is 0.481 e. The van der Waals surface area contributed by atoms with E-state index in [1.165, 1.54) is 0 Å². The summed E-state index contributed by atoms with van der Waals surface area (Å²) in [6, 6.07) is 7.79. The number of anilines is 1. The average Bonchev–Trinajstić information content (AvgIpc) is 2.75. The number of rotatable bonds is 6. The van der Waals surface area contributed by atoms with Gasteiger partial charge in [0.05, 0.1) is 5.69 Å². The molecule has 0 spiro atoms. The fraction of sp³-hybridized carbons (Fsp3) is 0.333. The molecule has 2 aromatic rings.